The largest absolute Gasteiger partial charge is 0.493 e. The lowest BCUT2D eigenvalue weighted by Crippen LogP contribution is -2.23. The SMILES string of the molecule is C[C@H](O)[C@@H](CCOc1cccc(-c2ccc(C#N)cc2)c1)n1cnc(C(N)=O)c1. The molecule has 3 N–H and O–H groups in total. The molecule has 0 spiro atoms. The molecule has 1 aromatic heterocycles. The molecule has 1 amide bonds. The van der Waals surface area contributed by atoms with Gasteiger partial charge in [-0.3, -0.25) is 4.79 Å². The smallest absolute Gasteiger partial charge is 0.268 e. The van der Waals surface area contributed by atoms with E-state index in [1.165, 1.54) is 12.5 Å². The molecule has 0 unspecified atom stereocenters. The fraction of sp³-hybridized carbons (Fsp3) is 0.227. The van der Waals surface area contributed by atoms with Crippen molar-refractivity contribution in [1.29, 1.82) is 5.26 Å². The number of amides is 1. The normalized spacial score (nSPS) is 12.7. The van der Waals surface area contributed by atoms with E-state index in [0.717, 1.165) is 11.1 Å². The van der Waals surface area contributed by atoms with Gasteiger partial charge in [-0.2, -0.15) is 5.26 Å². The minimum atomic E-state index is -0.654. The van der Waals surface area contributed by atoms with Gasteiger partial charge in [0.15, 0.2) is 0 Å². The summed E-state index contributed by atoms with van der Waals surface area (Å²) in [5, 5.41) is 19.0. The lowest BCUT2D eigenvalue weighted by molar-refractivity contribution is 0.0993. The van der Waals surface area contributed by atoms with Crippen molar-refractivity contribution in [3.63, 3.8) is 0 Å². The lowest BCUT2D eigenvalue weighted by Gasteiger charge is -2.21. The molecular formula is C22H22N4O3. The zero-order valence-corrected chi connectivity index (χ0v) is 16.0. The van der Waals surface area contributed by atoms with Gasteiger partial charge in [-0.05, 0) is 42.3 Å². The summed E-state index contributed by atoms with van der Waals surface area (Å²) in [5.41, 5.74) is 7.99. The quantitative estimate of drug-likeness (QED) is 0.614. The molecule has 2 atom stereocenters. The summed E-state index contributed by atoms with van der Waals surface area (Å²) in [6.07, 6.45) is 2.89. The second kappa shape index (κ2) is 9.04. The number of aliphatic hydroxyl groups excluding tert-OH is 1. The average Bonchev–Trinajstić information content (AvgIpc) is 3.21. The fourth-order valence-corrected chi connectivity index (χ4v) is 3.08. The number of imidazole rings is 1. The molecule has 3 aromatic rings. The molecule has 0 bridgehead atoms. The van der Waals surface area contributed by atoms with E-state index in [-0.39, 0.29) is 11.7 Å². The fourth-order valence-electron chi connectivity index (χ4n) is 3.08. The van der Waals surface area contributed by atoms with Crippen LogP contribution < -0.4 is 10.5 Å². The number of hydrogen-bond donors (Lipinski definition) is 2. The summed E-state index contributed by atoms with van der Waals surface area (Å²) in [5.74, 6) is 0.101. The first kappa shape index (κ1) is 20.1. The first-order chi connectivity index (χ1) is 14.0. The first-order valence-corrected chi connectivity index (χ1v) is 9.22. The van der Waals surface area contributed by atoms with Crippen molar-refractivity contribution >= 4 is 5.91 Å². The van der Waals surface area contributed by atoms with Gasteiger partial charge in [-0.15, -0.1) is 0 Å². The summed E-state index contributed by atoms with van der Waals surface area (Å²) >= 11 is 0. The van der Waals surface area contributed by atoms with Crippen molar-refractivity contribution in [3.05, 3.63) is 72.3 Å². The number of carbonyl (C=O) groups is 1. The van der Waals surface area contributed by atoms with Gasteiger partial charge in [0.05, 0.1) is 36.7 Å². The number of ether oxygens (including phenoxy) is 1. The first-order valence-electron chi connectivity index (χ1n) is 9.22. The Labute approximate surface area is 169 Å². The second-order valence-corrected chi connectivity index (χ2v) is 6.73. The van der Waals surface area contributed by atoms with Gasteiger partial charge in [0.2, 0.25) is 0 Å². The molecule has 0 fully saturated rings. The van der Waals surface area contributed by atoms with Crippen LogP contribution in [0.3, 0.4) is 0 Å². The standard InChI is InChI=1S/C22H22N4O3/c1-15(27)21(26-13-20(22(24)28)25-14-26)9-10-29-19-4-2-3-18(11-19)17-7-5-16(12-23)6-8-17/h2-8,11,13-15,21,27H,9-10H2,1H3,(H2,24,28)/t15-,21+/m0/s1. The van der Waals surface area contributed by atoms with Crippen molar-refractivity contribution in [2.75, 3.05) is 6.61 Å². The molecule has 0 aliphatic heterocycles. The lowest BCUT2D eigenvalue weighted by atomic mass is 10.0. The average molecular weight is 390 g/mol. The molecule has 148 valence electrons. The van der Waals surface area contributed by atoms with Crippen molar-refractivity contribution in [2.24, 2.45) is 5.73 Å². The molecule has 0 saturated carbocycles. The number of benzene rings is 2. The second-order valence-electron chi connectivity index (χ2n) is 6.73. The van der Waals surface area contributed by atoms with Crippen molar-refractivity contribution in [3.8, 4) is 22.9 Å². The number of aromatic nitrogens is 2. The van der Waals surface area contributed by atoms with E-state index in [4.69, 9.17) is 15.7 Å². The Bertz CT molecular complexity index is 1020. The van der Waals surface area contributed by atoms with Crippen LogP contribution in [0.25, 0.3) is 11.1 Å². The Hall–Kier alpha value is -3.63. The Kier molecular flexibility index (Phi) is 6.27. The van der Waals surface area contributed by atoms with Crippen LogP contribution in [0.2, 0.25) is 0 Å². The molecule has 3 rings (SSSR count). The van der Waals surface area contributed by atoms with Gasteiger partial charge < -0.3 is 20.1 Å². The highest BCUT2D eigenvalue weighted by Gasteiger charge is 2.19. The number of primary amides is 1. The van der Waals surface area contributed by atoms with Gasteiger partial charge in [0.1, 0.15) is 11.4 Å². The zero-order valence-electron chi connectivity index (χ0n) is 16.0. The Morgan fingerprint density at radius 1 is 1.28 bits per heavy atom. The molecule has 0 aliphatic rings. The highest BCUT2D eigenvalue weighted by molar-refractivity contribution is 5.90. The van der Waals surface area contributed by atoms with Crippen LogP contribution in [0, 0.1) is 11.3 Å². The third-order valence-electron chi connectivity index (χ3n) is 4.66. The van der Waals surface area contributed by atoms with Crippen LogP contribution in [0.15, 0.2) is 61.1 Å². The van der Waals surface area contributed by atoms with E-state index in [9.17, 15) is 9.90 Å². The zero-order chi connectivity index (χ0) is 20.8. The predicted molar refractivity (Wildman–Crippen MR) is 108 cm³/mol. The van der Waals surface area contributed by atoms with Crippen LogP contribution in [-0.2, 0) is 0 Å². The van der Waals surface area contributed by atoms with E-state index >= 15 is 0 Å². The number of aliphatic hydroxyl groups is 1. The maximum atomic E-state index is 11.2. The molecule has 29 heavy (non-hydrogen) atoms. The molecule has 1 heterocycles. The molecule has 7 nitrogen and oxygen atoms in total. The molecule has 7 heteroatoms. The minimum Gasteiger partial charge on any atom is -0.493 e. The van der Waals surface area contributed by atoms with E-state index in [0.29, 0.717) is 24.3 Å². The third-order valence-corrected chi connectivity index (χ3v) is 4.66. The van der Waals surface area contributed by atoms with Crippen molar-refractivity contribution < 1.29 is 14.6 Å². The van der Waals surface area contributed by atoms with Crippen LogP contribution in [0.5, 0.6) is 5.75 Å². The van der Waals surface area contributed by atoms with Crippen LogP contribution in [0.1, 0.15) is 35.4 Å². The highest BCUT2D eigenvalue weighted by atomic mass is 16.5. The van der Waals surface area contributed by atoms with E-state index in [2.05, 4.69) is 11.1 Å². The summed E-state index contributed by atoms with van der Waals surface area (Å²) in [4.78, 5) is 15.2. The number of carbonyl (C=O) groups excluding carboxylic acids is 1. The molecule has 0 radical (unpaired) electrons. The predicted octanol–water partition coefficient (Wildman–Crippen LogP) is 2.91. The van der Waals surface area contributed by atoms with Crippen LogP contribution in [0.4, 0.5) is 0 Å². The molecule has 2 aromatic carbocycles. The van der Waals surface area contributed by atoms with Gasteiger partial charge in [0, 0.05) is 12.6 Å². The Morgan fingerprint density at radius 3 is 2.66 bits per heavy atom. The number of hydrogen-bond acceptors (Lipinski definition) is 5. The number of nitriles is 1. The van der Waals surface area contributed by atoms with E-state index in [1.807, 2.05) is 36.4 Å². The van der Waals surface area contributed by atoms with Gasteiger partial charge in [0.25, 0.3) is 5.91 Å². The molecule has 0 saturated heterocycles. The summed E-state index contributed by atoms with van der Waals surface area (Å²) in [7, 11) is 0. The molecular weight excluding hydrogens is 368 g/mol. The maximum Gasteiger partial charge on any atom is 0.268 e. The van der Waals surface area contributed by atoms with Gasteiger partial charge in [-0.1, -0.05) is 24.3 Å². The minimum absolute atomic E-state index is 0.159. The third kappa shape index (κ3) is 5.00. The highest BCUT2D eigenvalue weighted by Crippen LogP contribution is 2.25. The van der Waals surface area contributed by atoms with Crippen LogP contribution in [-0.4, -0.2) is 33.3 Å². The summed E-state index contributed by atoms with van der Waals surface area (Å²) in [6.45, 7) is 2.05. The van der Waals surface area contributed by atoms with Crippen molar-refractivity contribution in [2.45, 2.75) is 25.5 Å². The number of rotatable bonds is 8. The van der Waals surface area contributed by atoms with Gasteiger partial charge in [-0.25, -0.2) is 4.98 Å². The van der Waals surface area contributed by atoms with Crippen molar-refractivity contribution in [1.82, 2.24) is 9.55 Å². The number of nitrogens with two attached hydrogens (primary N) is 1. The summed E-state index contributed by atoms with van der Waals surface area (Å²) in [6, 6.07) is 16.9. The maximum absolute atomic E-state index is 11.2. The topological polar surface area (TPSA) is 114 Å². The van der Waals surface area contributed by atoms with Gasteiger partial charge >= 0.3 is 0 Å². The van der Waals surface area contributed by atoms with Crippen LogP contribution >= 0.6 is 0 Å². The van der Waals surface area contributed by atoms with E-state index < -0.39 is 12.0 Å². The number of nitrogens with zero attached hydrogens (tertiary/aromatic N) is 3. The Balaban J connectivity index is 1.65. The monoisotopic (exact) mass is 390 g/mol. The Morgan fingerprint density at radius 2 is 2.03 bits per heavy atom. The summed E-state index contributed by atoms with van der Waals surface area (Å²) < 4.78 is 7.56. The molecule has 0 aliphatic carbocycles. The van der Waals surface area contributed by atoms with E-state index in [1.54, 1.807) is 23.6 Å².